The molecule has 2 nitrogen and oxygen atoms in total. The number of benzene rings is 2. The van der Waals surface area contributed by atoms with Crippen molar-refractivity contribution in [2.45, 2.75) is 6.10 Å². The molecule has 1 atom stereocenters. The van der Waals surface area contributed by atoms with E-state index in [9.17, 15) is 13.2 Å². The summed E-state index contributed by atoms with van der Waals surface area (Å²) in [4.78, 5) is 0. The zero-order valence-electron chi connectivity index (χ0n) is 9.95. The minimum absolute atomic E-state index is 0.0858. The lowest BCUT2D eigenvalue weighted by Gasteiger charge is -2.18. The number of ether oxygens (including phenoxy) is 1. The van der Waals surface area contributed by atoms with Crippen molar-refractivity contribution in [2.24, 2.45) is 5.73 Å². The van der Waals surface area contributed by atoms with Gasteiger partial charge in [-0.15, -0.1) is 0 Å². The predicted octanol–water partition coefficient (Wildman–Crippen LogP) is 3.18. The summed E-state index contributed by atoms with van der Waals surface area (Å²) in [6.45, 7) is 0.0858. The minimum Gasteiger partial charge on any atom is -0.484 e. The van der Waals surface area contributed by atoms with Gasteiger partial charge < -0.3 is 10.5 Å². The lowest BCUT2D eigenvalue weighted by Crippen LogP contribution is -2.18. The number of hydrogen-bond donors (Lipinski definition) is 1. The van der Waals surface area contributed by atoms with Gasteiger partial charge in [0.15, 0.2) is 11.6 Å². The molecule has 5 heteroatoms. The number of halogens is 3. The van der Waals surface area contributed by atoms with Gasteiger partial charge in [-0.3, -0.25) is 0 Å². The third-order valence-electron chi connectivity index (χ3n) is 2.60. The first kappa shape index (κ1) is 13.4. The van der Waals surface area contributed by atoms with Gasteiger partial charge in [-0.25, -0.2) is 13.2 Å². The maximum atomic E-state index is 13.1. The van der Waals surface area contributed by atoms with Crippen molar-refractivity contribution in [3.63, 3.8) is 0 Å². The molecule has 1 unspecified atom stereocenters. The molecule has 0 aliphatic carbocycles. The first-order valence-corrected chi connectivity index (χ1v) is 5.67. The maximum absolute atomic E-state index is 13.1. The van der Waals surface area contributed by atoms with E-state index in [2.05, 4.69) is 0 Å². The third-order valence-corrected chi connectivity index (χ3v) is 2.60. The SMILES string of the molecule is NCC(Oc1ccc(F)c(F)c1)c1cccc(F)c1. The standard InChI is InChI=1S/C14H12F3NO/c15-10-3-1-2-9(6-10)14(8-18)19-11-4-5-12(16)13(17)7-11/h1-7,14H,8,18H2. The molecule has 0 saturated heterocycles. The van der Waals surface area contributed by atoms with Crippen molar-refractivity contribution < 1.29 is 17.9 Å². The molecule has 0 aliphatic heterocycles. The smallest absolute Gasteiger partial charge is 0.162 e. The summed E-state index contributed by atoms with van der Waals surface area (Å²) in [5.41, 5.74) is 6.09. The van der Waals surface area contributed by atoms with E-state index in [1.165, 1.54) is 24.3 Å². The monoisotopic (exact) mass is 267 g/mol. The van der Waals surface area contributed by atoms with E-state index in [0.29, 0.717) is 5.56 Å². The molecule has 2 N–H and O–H groups in total. The second-order valence-corrected chi connectivity index (χ2v) is 3.97. The van der Waals surface area contributed by atoms with Crippen LogP contribution in [-0.2, 0) is 0 Å². The Balaban J connectivity index is 2.21. The van der Waals surface area contributed by atoms with Gasteiger partial charge in [-0.2, -0.15) is 0 Å². The van der Waals surface area contributed by atoms with Crippen LogP contribution in [-0.4, -0.2) is 6.54 Å². The fraction of sp³-hybridized carbons (Fsp3) is 0.143. The van der Waals surface area contributed by atoms with Crippen LogP contribution in [0.15, 0.2) is 42.5 Å². The van der Waals surface area contributed by atoms with Crippen molar-refractivity contribution in [3.05, 3.63) is 65.5 Å². The van der Waals surface area contributed by atoms with Gasteiger partial charge >= 0.3 is 0 Å². The third kappa shape index (κ3) is 3.26. The van der Waals surface area contributed by atoms with Gasteiger partial charge in [-0.05, 0) is 29.8 Å². The fourth-order valence-electron chi connectivity index (χ4n) is 1.67. The number of hydrogen-bond acceptors (Lipinski definition) is 2. The highest BCUT2D eigenvalue weighted by molar-refractivity contribution is 5.26. The van der Waals surface area contributed by atoms with Crippen LogP contribution < -0.4 is 10.5 Å². The molecule has 100 valence electrons. The van der Waals surface area contributed by atoms with Crippen LogP contribution >= 0.6 is 0 Å². The van der Waals surface area contributed by atoms with E-state index in [-0.39, 0.29) is 12.3 Å². The van der Waals surface area contributed by atoms with Crippen LogP contribution in [0, 0.1) is 17.5 Å². The molecule has 2 rings (SSSR count). The number of nitrogens with two attached hydrogens (primary N) is 1. The lowest BCUT2D eigenvalue weighted by molar-refractivity contribution is 0.212. The molecule has 0 aromatic heterocycles. The Morgan fingerprint density at radius 3 is 2.42 bits per heavy atom. The zero-order valence-corrected chi connectivity index (χ0v) is 9.95. The molecule has 2 aromatic rings. The first-order chi connectivity index (χ1) is 9.10. The van der Waals surface area contributed by atoms with E-state index in [1.54, 1.807) is 6.07 Å². The summed E-state index contributed by atoms with van der Waals surface area (Å²) in [6, 6.07) is 8.95. The molecule has 0 radical (unpaired) electrons. The summed E-state index contributed by atoms with van der Waals surface area (Å²) in [7, 11) is 0. The van der Waals surface area contributed by atoms with Gasteiger partial charge in [0.1, 0.15) is 17.7 Å². The molecular weight excluding hydrogens is 255 g/mol. The highest BCUT2D eigenvalue weighted by Crippen LogP contribution is 2.23. The van der Waals surface area contributed by atoms with E-state index < -0.39 is 23.6 Å². The lowest BCUT2D eigenvalue weighted by atomic mass is 10.1. The zero-order chi connectivity index (χ0) is 13.8. The Morgan fingerprint density at radius 2 is 1.79 bits per heavy atom. The van der Waals surface area contributed by atoms with Crippen LogP contribution in [0.3, 0.4) is 0 Å². The summed E-state index contributed by atoms with van der Waals surface area (Å²) >= 11 is 0. The molecule has 0 fully saturated rings. The topological polar surface area (TPSA) is 35.2 Å². The van der Waals surface area contributed by atoms with Crippen LogP contribution in [0.2, 0.25) is 0 Å². The average molecular weight is 267 g/mol. The Kier molecular flexibility index (Phi) is 4.06. The van der Waals surface area contributed by atoms with Crippen LogP contribution in [0.5, 0.6) is 5.75 Å². The van der Waals surface area contributed by atoms with Crippen LogP contribution in [0.25, 0.3) is 0 Å². The fourth-order valence-corrected chi connectivity index (χ4v) is 1.67. The molecule has 0 bridgehead atoms. The first-order valence-electron chi connectivity index (χ1n) is 5.67. The highest BCUT2D eigenvalue weighted by Gasteiger charge is 2.13. The predicted molar refractivity (Wildman–Crippen MR) is 65.2 cm³/mol. The summed E-state index contributed by atoms with van der Waals surface area (Å²) in [6.07, 6.45) is -0.624. The Bertz CT molecular complexity index is 574. The number of rotatable bonds is 4. The second kappa shape index (κ2) is 5.75. The molecule has 0 heterocycles. The van der Waals surface area contributed by atoms with Crippen molar-refractivity contribution in [1.29, 1.82) is 0 Å². The Morgan fingerprint density at radius 1 is 1.00 bits per heavy atom. The molecule has 0 spiro atoms. The van der Waals surface area contributed by atoms with Gasteiger partial charge in [0.25, 0.3) is 0 Å². The normalized spacial score (nSPS) is 12.2. The second-order valence-electron chi connectivity index (χ2n) is 3.97. The molecule has 0 saturated carbocycles. The van der Waals surface area contributed by atoms with Gasteiger partial charge in [0.05, 0.1) is 0 Å². The Hall–Kier alpha value is -2.01. The molecule has 0 aliphatic rings. The summed E-state index contributed by atoms with van der Waals surface area (Å²) in [5, 5.41) is 0. The van der Waals surface area contributed by atoms with Crippen molar-refractivity contribution >= 4 is 0 Å². The minimum atomic E-state index is -1.01. The van der Waals surface area contributed by atoms with Crippen molar-refractivity contribution in [2.75, 3.05) is 6.54 Å². The van der Waals surface area contributed by atoms with Gasteiger partial charge in [0, 0.05) is 12.6 Å². The van der Waals surface area contributed by atoms with Crippen LogP contribution in [0.4, 0.5) is 13.2 Å². The van der Waals surface area contributed by atoms with Crippen molar-refractivity contribution in [3.8, 4) is 5.75 Å². The molecule has 2 aromatic carbocycles. The molecule has 0 amide bonds. The van der Waals surface area contributed by atoms with E-state index in [0.717, 1.165) is 12.1 Å². The quantitative estimate of drug-likeness (QED) is 0.923. The average Bonchev–Trinajstić information content (AvgIpc) is 2.40. The molecular formula is C14H12F3NO. The molecule has 19 heavy (non-hydrogen) atoms. The van der Waals surface area contributed by atoms with Crippen molar-refractivity contribution in [1.82, 2.24) is 0 Å². The largest absolute Gasteiger partial charge is 0.484 e. The van der Waals surface area contributed by atoms with Gasteiger partial charge in [0.2, 0.25) is 0 Å². The maximum Gasteiger partial charge on any atom is 0.162 e. The summed E-state index contributed by atoms with van der Waals surface area (Å²) < 4.78 is 44.4. The van der Waals surface area contributed by atoms with E-state index in [4.69, 9.17) is 10.5 Å². The summed E-state index contributed by atoms with van der Waals surface area (Å²) in [5.74, 6) is -2.24. The Labute approximate surface area is 108 Å². The van der Waals surface area contributed by atoms with E-state index >= 15 is 0 Å². The van der Waals surface area contributed by atoms with Gasteiger partial charge in [-0.1, -0.05) is 12.1 Å². The van der Waals surface area contributed by atoms with E-state index in [1.807, 2.05) is 0 Å². The van der Waals surface area contributed by atoms with Crippen LogP contribution in [0.1, 0.15) is 11.7 Å². The highest BCUT2D eigenvalue weighted by atomic mass is 19.2.